The summed E-state index contributed by atoms with van der Waals surface area (Å²) in [5.41, 5.74) is 5.21. The number of hydrogen-bond acceptors (Lipinski definition) is 3. The Labute approximate surface area is 124 Å². The first-order chi connectivity index (χ1) is 9.99. The van der Waals surface area contributed by atoms with Gasteiger partial charge in [0.25, 0.3) is 0 Å². The van der Waals surface area contributed by atoms with Crippen molar-refractivity contribution >= 4 is 17.8 Å². The highest BCUT2D eigenvalue weighted by atomic mass is 16.4. The third-order valence-electron chi connectivity index (χ3n) is 4.62. The lowest BCUT2D eigenvalue weighted by Crippen LogP contribution is -2.41. The molecule has 2 rings (SSSR count). The fourth-order valence-corrected chi connectivity index (χ4v) is 3.24. The molecule has 0 bridgehead atoms. The molecule has 2 aliphatic rings. The lowest BCUT2D eigenvalue weighted by Gasteiger charge is -2.26. The highest BCUT2D eigenvalue weighted by Crippen LogP contribution is 2.40. The van der Waals surface area contributed by atoms with Crippen LogP contribution in [0.15, 0.2) is 0 Å². The fourth-order valence-electron chi connectivity index (χ4n) is 3.24. The molecular formula is C15H24N2O4. The molecule has 0 aliphatic heterocycles. The predicted molar refractivity (Wildman–Crippen MR) is 76.2 cm³/mol. The number of rotatable bonds is 7. The van der Waals surface area contributed by atoms with E-state index in [0.29, 0.717) is 18.9 Å². The number of carboxylic acid groups (broad SMARTS) is 1. The van der Waals surface area contributed by atoms with Crippen molar-refractivity contribution in [3.63, 3.8) is 0 Å². The smallest absolute Gasteiger partial charge is 0.307 e. The fraction of sp³-hybridized carbons (Fsp3) is 0.800. The topological polar surface area (TPSA) is 101 Å². The Kier molecular flexibility index (Phi) is 5.20. The van der Waals surface area contributed by atoms with E-state index in [1.165, 1.54) is 37.0 Å². The largest absolute Gasteiger partial charge is 0.481 e. The Bertz CT molecular complexity index is 418. The number of hydrogen-bond donors (Lipinski definition) is 2. The summed E-state index contributed by atoms with van der Waals surface area (Å²) in [6, 6.07) is 0. The maximum Gasteiger partial charge on any atom is 0.307 e. The van der Waals surface area contributed by atoms with Crippen molar-refractivity contribution in [3.8, 4) is 0 Å². The molecule has 0 radical (unpaired) electrons. The summed E-state index contributed by atoms with van der Waals surface area (Å²) in [5, 5.41) is 8.91. The van der Waals surface area contributed by atoms with E-state index >= 15 is 0 Å². The van der Waals surface area contributed by atoms with Gasteiger partial charge in [-0.05, 0) is 18.8 Å². The maximum absolute atomic E-state index is 12.3. The minimum Gasteiger partial charge on any atom is -0.481 e. The first-order valence-electron chi connectivity index (χ1n) is 7.79. The van der Waals surface area contributed by atoms with Crippen molar-refractivity contribution in [2.75, 3.05) is 13.1 Å². The van der Waals surface area contributed by atoms with Crippen LogP contribution in [0.5, 0.6) is 0 Å². The van der Waals surface area contributed by atoms with E-state index in [0.717, 1.165) is 6.42 Å². The molecule has 2 aliphatic carbocycles. The molecule has 2 saturated carbocycles. The van der Waals surface area contributed by atoms with Gasteiger partial charge < -0.3 is 15.7 Å². The Morgan fingerprint density at radius 1 is 1.10 bits per heavy atom. The van der Waals surface area contributed by atoms with Crippen LogP contribution in [-0.4, -0.2) is 40.9 Å². The summed E-state index contributed by atoms with van der Waals surface area (Å²) < 4.78 is 0. The van der Waals surface area contributed by atoms with Crippen LogP contribution in [0.3, 0.4) is 0 Å². The molecular weight excluding hydrogens is 272 g/mol. The highest BCUT2D eigenvalue weighted by molar-refractivity contribution is 5.91. The summed E-state index contributed by atoms with van der Waals surface area (Å²) in [5.74, 6) is -2.14. The van der Waals surface area contributed by atoms with Gasteiger partial charge in [0, 0.05) is 6.54 Å². The summed E-state index contributed by atoms with van der Waals surface area (Å²) in [4.78, 5) is 35.7. The molecule has 0 aromatic heterocycles. The predicted octanol–water partition coefficient (Wildman–Crippen LogP) is 0.991. The van der Waals surface area contributed by atoms with Gasteiger partial charge >= 0.3 is 5.97 Å². The molecule has 0 spiro atoms. The van der Waals surface area contributed by atoms with E-state index < -0.39 is 23.7 Å². The third-order valence-corrected chi connectivity index (χ3v) is 4.62. The Morgan fingerprint density at radius 3 is 2.29 bits per heavy atom. The standard InChI is InChI=1S/C15H24N2O4/c16-13(18)9-17(7-6-10-4-2-1-3-5-10)14(19)11-8-12(11)15(20)21/h10-12H,1-9H2,(H2,16,18)(H,20,21)/t11-,12-/m0/s1. The molecule has 2 amide bonds. The summed E-state index contributed by atoms with van der Waals surface area (Å²) in [6.45, 7) is 0.406. The van der Waals surface area contributed by atoms with Crippen LogP contribution in [-0.2, 0) is 14.4 Å². The number of carboxylic acids is 1. The number of amides is 2. The van der Waals surface area contributed by atoms with Gasteiger partial charge in [0.15, 0.2) is 0 Å². The van der Waals surface area contributed by atoms with Crippen LogP contribution in [0.2, 0.25) is 0 Å². The number of nitrogens with two attached hydrogens (primary N) is 1. The summed E-state index contributed by atoms with van der Waals surface area (Å²) in [6.07, 6.45) is 7.37. The molecule has 21 heavy (non-hydrogen) atoms. The molecule has 0 aromatic rings. The van der Waals surface area contributed by atoms with Crippen LogP contribution in [0, 0.1) is 17.8 Å². The van der Waals surface area contributed by atoms with Crippen molar-refractivity contribution in [2.24, 2.45) is 23.5 Å². The average Bonchev–Trinajstić information content (AvgIpc) is 3.24. The Morgan fingerprint density at radius 2 is 1.76 bits per heavy atom. The molecule has 2 fully saturated rings. The summed E-state index contributed by atoms with van der Waals surface area (Å²) >= 11 is 0. The van der Waals surface area contributed by atoms with E-state index in [4.69, 9.17) is 10.8 Å². The minimum absolute atomic E-state index is 0.103. The van der Waals surface area contributed by atoms with Crippen molar-refractivity contribution in [1.29, 1.82) is 0 Å². The van der Waals surface area contributed by atoms with Gasteiger partial charge in [-0.15, -0.1) is 0 Å². The third kappa shape index (κ3) is 4.44. The van der Waals surface area contributed by atoms with Crippen LogP contribution >= 0.6 is 0 Å². The van der Waals surface area contributed by atoms with E-state index in [-0.39, 0.29) is 12.5 Å². The van der Waals surface area contributed by atoms with Crippen LogP contribution in [0.4, 0.5) is 0 Å². The Balaban J connectivity index is 1.86. The van der Waals surface area contributed by atoms with Crippen molar-refractivity contribution in [3.05, 3.63) is 0 Å². The highest BCUT2D eigenvalue weighted by Gasteiger charge is 2.49. The van der Waals surface area contributed by atoms with Crippen molar-refractivity contribution < 1.29 is 19.5 Å². The monoisotopic (exact) mass is 296 g/mol. The Hall–Kier alpha value is -1.59. The van der Waals surface area contributed by atoms with Crippen LogP contribution < -0.4 is 5.73 Å². The first kappa shape index (κ1) is 15.8. The quantitative estimate of drug-likeness (QED) is 0.731. The first-order valence-corrected chi connectivity index (χ1v) is 7.79. The van der Waals surface area contributed by atoms with Gasteiger partial charge in [0.2, 0.25) is 11.8 Å². The average molecular weight is 296 g/mol. The lowest BCUT2D eigenvalue weighted by atomic mass is 9.87. The van der Waals surface area contributed by atoms with Crippen molar-refractivity contribution in [1.82, 2.24) is 4.90 Å². The van der Waals surface area contributed by atoms with E-state index in [9.17, 15) is 14.4 Å². The number of aliphatic carboxylic acids is 1. The van der Waals surface area contributed by atoms with Crippen LogP contribution in [0.1, 0.15) is 44.9 Å². The SMILES string of the molecule is NC(=O)CN(CCC1CCCCC1)C(=O)[C@H]1C[C@@H]1C(=O)O. The van der Waals surface area contributed by atoms with E-state index in [2.05, 4.69) is 0 Å². The molecule has 118 valence electrons. The molecule has 6 heteroatoms. The van der Waals surface area contributed by atoms with E-state index in [1.54, 1.807) is 0 Å². The zero-order valence-electron chi connectivity index (χ0n) is 12.3. The molecule has 0 heterocycles. The molecule has 2 atom stereocenters. The second kappa shape index (κ2) is 6.91. The minimum atomic E-state index is -0.931. The maximum atomic E-state index is 12.3. The van der Waals surface area contributed by atoms with Gasteiger partial charge in [-0.25, -0.2) is 0 Å². The van der Waals surface area contributed by atoms with Gasteiger partial charge in [0.05, 0.1) is 18.4 Å². The molecule has 0 unspecified atom stereocenters. The van der Waals surface area contributed by atoms with Gasteiger partial charge in [-0.3, -0.25) is 14.4 Å². The zero-order valence-corrected chi connectivity index (χ0v) is 12.3. The second-order valence-electron chi connectivity index (χ2n) is 6.31. The number of carbonyl (C=O) groups excluding carboxylic acids is 2. The normalized spacial score (nSPS) is 25.3. The number of primary amides is 1. The second-order valence-corrected chi connectivity index (χ2v) is 6.31. The molecule has 0 saturated heterocycles. The molecule has 6 nitrogen and oxygen atoms in total. The van der Waals surface area contributed by atoms with Crippen LogP contribution in [0.25, 0.3) is 0 Å². The summed E-state index contributed by atoms with van der Waals surface area (Å²) in [7, 11) is 0. The zero-order chi connectivity index (χ0) is 15.4. The molecule has 3 N–H and O–H groups in total. The molecule has 0 aromatic carbocycles. The van der Waals surface area contributed by atoms with Gasteiger partial charge in [0.1, 0.15) is 0 Å². The van der Waals surface area contributed by atoms with E-state index in [1.807, 2.05) is 0 Å². The van der Waals surface area contributed by atoms with Gasteiger partial charge in [-0.2, -0.15) is 0 Å². The number of nitrogens with zero attached hydrogens (tertiary/aromatic N) is 1. The lowest BCUT2D eigenvalue weighted by molar-refractivity contribution is -0.142. The number of carbonyl (C=O) groups is 3. The van der Waals surface area contributed by atoms with Crippen molar-refractivity contribution in [2.45, 2.75) is 44.9 Å². The van der Waals surface area contributed by atoms with Gasteiger partial charge in [-0.1, -0.05) is 32.1 Å².